The van der Waals surface area contributed by atoms with Crippen molar-refractivity contribution in [2.45, 2.75) is 50.8 Å². The summed E-state index contributed by atoms with van der Waals surface area (Å²) >= 11 is 0. The van der Waals surface area contributed by atoms with Crippen LogP contribution in [0.25, 0.3) is 11.1 Å². The third-order valence-corrected chi connectivity index (χ3v) is 9.06. The molecule has 1 saturated heterocycles. The maximum Gasteiger partial charge on any atom is 0.410 e. The molecule has 250 valence electrons. The summed E-state index contributed by atoms with van der Waals surface area (Å²) in [6, 6.07) is 27.0. The molecule has 1 aromatic heterocycles. The van der Waals surface area contributed by atoms with Gasteiger partial charge in [0.15, 0.2) is 0 Å². The number of pyridine rings is 1. The van der Waals surface area contributed by atoms with E-state index in [1.54, 1.807) is 11.0 Å². The van der Waals surface area contributed by atoms with E-state index in [2.05, 4.69) is 39.5 Å². The minimum atomic E-state index is -0.603. The van der Waals surface area contributed by atoms with Crippen molar-refractivity contribution in [2.24, 2.45) is 5.73 Å². The van der Waals surface area contributed by atoms with Gasteiger partial charge in [0.25, 0.3) is 5.91 Å². The van der Waals surface area contributed by atoms with E-state index in [4.69, 9.17) is 15.2 Å². The number of amides is 2. The molecule has 2 amide bonds. The highest BCUT2D eigenvalue weighted by Gasteiger charge is 2.24. The van der Waals surface area contributed by atoms with Crippen LogP contribution < -0.4 is 15.8 Å². The predicted molar refractivity (Wildman–Crippen MR) is 182 cm³/mol. The minimum Gasteiger partial charge on any atom is -0.445 e. The number of hydrogen-bond acceptors (Lipinski definition) is 7. The number of halogens is 1. The van der Waals surface area contributed by atoms with Crippen molar-refractivity contribution in [3.05, 3.63) is 114 Å². The topological polar surface area (TPSA) is 110 Å². The summed E-state index contributed by atoms with van der Waals surface area (Å²) in [7, 11) is 0. The van der Waals surface area contributed by atoms with Crippen molar-refractivity contribution in [1.29, 1.82) is 0 Å². The van der Waals surface area contributed by atoms with E-state index in [1.165, 1.54) is 5.56 Å². The fourth-order valence-electron chi connectivity index (χ4n) is 6.16. The number of nitrogens with one attached hydrogen (secondary N) is 1. The van der Waals surface area contributed by atoms with Crippen LogP contribution in [0.4, 0.5) is 9.18 Å². The van der Waals surface area contributed by atoms with E-state index in [0.29, 0.717) is 18.8 Å². The lowest BCUT2D eigenvalue weighted by molar-refractivity contribution is 0.0719. The Morgan fingerprint density at radius 2 is 1.60 bits per heavy atom. The van der Waals surface area contributed by atoms with E-state index in [9.17, 15) is 14.0 Å². The average molecular weight is 652 g/mol. The van der Waals surface area contributed by atoms with E-state index < -0.39 is 11.7 Å². The number of aromatic nitrogens is 1. The van der Waals surface area contributed by atoms with Crippen LogP contribution in [0.2, 0.25) is 0 Å². The van der Waals surface area contributed by atoms with Crippen molar-refractivity contribution in [3.8, 4) is 22.8 Å². The summed E-state index contributed by atoms with van der Waals surface area (Å²) in [6.45, 7) is 4.12. The van der Waals surface area contributed by atoms with Crippen LogP contribution in [0, 0.1) is 5.82 Å². The third-order valence-electron chi connectivity index (χ3n) is 9.06. The van der Waals surface area contributed by atoms with Crippen LogP contribution in [0.5, 0.6) is 11.6 Å². The molecule has 9 nitrogen and oxygen atoms in total. The highest BCUT2D eigenvalue weighted by Crippen LogP contribution is 2.29. The predicted octanol–water partition coefficient (Wildman–Crippen LogP) is 6.18. The molecule has 1 saturated carbocycles. The van der Waals surface area contributed by atoms with Crippen molar-refractivity contribution in [2.75, 3.05) is 32.7 Å². The molecular formula is C38H42FN5O4. The number of nitrogens with two attached hydrogens (primary N) is 1. The van der Waals surface area contributed by atoms with Crippen LogP contribution in [0.15, 0.2) is 91.1 Å². The second-order valence-corrected chi connectivity index (χ2v) is 12.5. The zero-order chi connectivity index (χ0) is 33.3. The summed E-state index contributed by atoms with van der Waals surface area (Å²) in [5.74, 6) is -0.462. The highest BCUT2D eigenvalue weighted by atomic mass is 19.1. The molecule has 6 rings (SSSR count). The van der Waals surface area contributed by atoms with Gasteiger partial charge >= 0.3 is 6.09 Å². The third kappa shape index (κ3) is 8.96. The summed E-state index contributed by atoms with van der Waals surface area (Å²) in [5, 5.41) is 2.99. The van der Waals surface area contributed by atoms with Gasteiger partial charge in [0.1, 0.15) is 23.7 Å². The molecule has 1 aliphatic carbocycles. The monoisotopic (exact) mass is 651 g/mol. The van der Waals surface area contributed by atoms with Gasteiger partial charge < -0.3 is 25.4 Å². The van der Waals surface area contributed by atoms with Crippen LogP contribution in [0.3, 0.4) is 0 Å². The first-order valence-corrected chi connectivity index (χ1v) is 16.7. The van der Waals surface area contributed by atoms with Crippen molar-refractivity contribution < 1.29 is 23.5 Å². The lowest BCUT2D eigenvalue weighted by Gasteiger charge is -2.34. The summed E-state index contributed by atoms with van der Waals surface area (Å²) in [5.41, 5.74) is 10.2. The SMILES string of the molecule is N[C@H]1CC[C@H](NC(=O)c2cc(F)cnc2Oc2cccc(-c3ccc(CCN4CCN(C(=O)OCc5ccccc5)CC4)cc3)c2)CC1. The number of rotatable bonds is 10. The molecule has 4 aromatic rings. The van der Waals surface area contributed by atoms with E-state index >= 15 is 0 Å². The van der Waals surface area contributed by atoms with Crippen LogP contribution in [0.1, 0.15) is 47.2 Å². The van der Waals surface area contributed by atoms with E-state index in [1.807, 2.05) is 48.5 Å². The fourth-order valence-corrected chi connectivity index (χ4v) is 6.16. The number of carbonyl (C=O) groups excluding carboxylic acids is 2. The molecule has 3 N–H and O–H groups in total. The van der Waals surface area contributed by atoms with Gasteiger partial charge in [0, 0.05) is 44.8 Å². The number of ether oxygens (including phenoxy) is 2. The summed E-state index contributed by atoms with van der Waals surface area (Å²) in [6.07, 6.45) is 4.96. The quantitative estimate of drug-likeness (QED) is 0.211. The molecule has 2 aliphatic rings. The van der Waals surface area contributed by atoms with Crippen LogP contribution in [-0.4, -0.2) is 71.6 Å². The molecule has 1 aliphatic heterocycles. The maximum atomic E-state index is 14.1. The van der Waals surface area contributed by atoms with Gasteiger partial charge in [-0.2, -0.15) is 0 Å². The first kappa shape index (κ1) is 33.1. The molecule has 0 spiro atoms. The molecule has 0 atom stereocenters. The lowest BCUT2D eigenvalue weighted by atomic mass is 9.91. The first-order valence-electron chi connectivity index (χ1n) is 16.7. The smallest absolute Gasteiger partial charge is 0.410 e. The van der Waals surface area contributed by atoms with Gasteiger partial charge in [-0.15, -0.1) is 0 Å². The zero-order valence-electron chi connectivity index (χ0n) is 27.0. The Balaban J connectivity index is 0.997. The van der Waals surface area contributed by atoms with E-state index in [0.717, 1.165) is 80.7 Å². The number of carbonyl (C=O) groups is 2. The molecule has 3 aromatic carbocycles. The number of benzene rings is 3. The number of piperazine rings is 1. The van der Waals surface area contributed by atoms with Gasteiger partial charge in [0.05, 0.1) is 6.20 Å². The Hall–Kier alpha value is -4.80. The molecule has 0 unspecified atom stereocenters. The Labute approximate surface area is 280 Å². The van der Waals surface area contributed by atoms with Gasteiger partial charge in [-0.3, -0.25) is 9.69 Å². The standard InChI is InChI=1S/C38H42FN5O4/c39-31-24-35(36(45)42-33-15-13-32(40)14-16-33)37(41-25-31)48-34-8-4-7-30(23-34)29-11-9-27(10-12-29)17-18-43-19-21-44(22-20-43)38(46)47-26-28-5-2-1-3-6-28/h1-12,23-25,32-33H,13-22,26,40H2,(H,42,45)/t32-,33-. The second-order valence-electron chi connectivity index (χ2n) is 12.5. The normalized spacial score (nSPS) is 18.2. The maximum absolute atomic E-state index is 14.1. The molecule has 48 heavy (non-hydrogen) atoms. The highest BCUT2D eigenvalue weighted by molar-refractivity contribution is 5.96. The number of hydrogen-bond donors (Lipinski definition) is 2. The van der Waals surface area contributed by atoms with Crippen LogP contribution >= 0.6 is 0 Å². The Morgan fingerprint density at radius 3 is 2.35 bits per heavy atom. The summed E-state index contributed by atoms with van der Waals surface area (Å²) < 4.78 is 25.7. The average Bonchev–Trinajstić information content (AvgIpc) is 3.12. The Morgan fingerprint density at radius 1 is 0.854 bits per heavy atom. The van der Waals surface area contributed by atoms with Gasteiger partial charge in [-0.25, -0.2) is 14.2 Å². The second kappa shape index (κ2) is 15.9. The largest absolute Gasteiger partial charge is 0.445 e. The van der Waals surface area contributed by atoms with Crippen molar-refractivity contribution >= 4 is 12.0 Å². The van der Waals surface area contributed by atoms with Gasteiger partial charge in [0.2, 0.25) is 5.88 Å². The molecule has 2 fully saturated rings. The van der Waals surface area contributed by atoms with Crippen molar-refractivity contribution in [1.82, 2.24) is 20.1 Å². The molecule has 0 radical (unpaired) electrons. The molecular weight excluding hydrogens is 609 g/mol. The lowest BCUT2D eigenvalue weighted by Crippen LogP contribution is -2.49. The van der Waals surface area contributed by atoms with E-state index in [-0.39, 0.29) is 36.2 Å². The fraction of sp³-hybridized carbons (Fsp3) is 0.342. The zero-order valence-corrected chi connectivity index (χ0v) is 27.0. The summed E-state index contributed by atoms with van der Waals surface area (Å²) in [4.78, 5) is 33.8. The molecule has 10 heteroatoms. The Bertz CT molecular complexity index is 1670. The molecule has 2 heterocycles. The first-order chi connectivity index (χ1) is 23.4. The van der Waals surface area contributed by atoms with Gasteiger partial charge in [-0.05, 0) is 72.6 Å². The van der Waals surface area contributed by atoms with Gasteiger partial charge in [-0.1, -0.05) is 66.7 Å². The number of nitrogens with zero attached hydrogens (tertiary/aromatic N) is 3. The minimum absolute atomic E-state index is 0.00827. The van der Waals surface area contributed by atoms with Crippen LogP contribution in [-0.2, 0) is 17.8 Å². The Kier molecular flexibility index (Phi) is 10.9. The molecule has 0 bridgehead atoms. The van der Waals surface area contributed by atoms with Crippen molar-refractivity contribution in [3.63, 3.8) is 0 Å².